The molecule has 4 heteroatoms. The van der Waals surface area contributed by atoms with Gasteiger partial charge in [-0.1, -0.05) is 42.5 Å². The molecule has 1 saturated carbocycles. The first-order valence-corrected chi connectivity index (χ1v) is 6.80. The van der Waals surface area contributed by atoms with Crippen LogP contribution in [0.25, 0.3) is 0 Å². The van der Waals surface area contributed by atoms with Crippen LogP contribution in [0, 0.1) is 0 Å². The van der Waals surface area contributed by atoms with Crippen molar-refractivity contribution in [3.8, 4) is 5.75 Å². The van der Waals surface area contributed by atoms with Crippen LogP contribution in [0.4, 0.5) is 0 Å². The summed E-state index contributed by atoms with van der Waals surface area (Å²) in [6.45, 7) is 0. The first-order chi connectivity index (χ1) is 10.1. The van der Waals surface area contributed by atoms with Crippen LogP contribution in [-0.4, -0.2) is 23.7 Å². The lowest BCUT2D eigenvalue weighted by Gasteiger charge is -2.06. The summed E-state index contributed by atoms with van der Waals surface area (Å²) in [6, 6.07) is 17.0. The van der Waals surface area contributed by atoms with E-state index in [1.54, 1.807) is 7.11 Å². The molecule has 108 valence electrons. The number of carboxylic acids is 1. The molecule has 0 radical (unpaired) electrons. The Bertz CT molecular complexity index is 653. The summed E-state index contributed by atoms with van der Waals surface area (Å²) in [5.41, 5.74) is 6.83. The van der Waals surface area contributed by atoms with E-state index in [2.05, 4.69) is 0 Å². The fraction of sp³-hybridized carbons (Fsp3) is 0.235. The van der Waals surface area contributed by atoms with E-state index >= 15 is 0 Å². The van der Waals surface area contributed by atoms with Gasteiger partial charge in [0, 0.05) is 11.8 Å². The minimum atomic E-state index is -1.24. The molecule has 4 nitrogen and oxygen atoms in total. The van der Waals surface area contributed by atoms with Crippen LogP contribution in [0.1, 0.15) is 23.0 Å². The maximum absolute atomic E-state index is 11.6. The normalized spacial score (nSPS) is 27.1. The molecule has 0 bridgehead atoms. The largest absolute Gasteiger partial charge is 0.497 e. The van der Waals surface area contributed by atoms with Crippen LogP contribution in [0.2, 0.25) is 0 Å². The molecule has 1 aliphatic carbocycles. The quantitative estimate of drug-likeness (QED) is 0.903. The number of aliphatic carboxylic acids is 1. The van der Waals surface area contributed by atoms with Crippen LogP contribution in [0.5, 0.6) is 5.75 Å². The molecule has 0 amide bonds. The molecule has 0 spiro atoms. The van der Waals surface area contributed by atoms with E-state index in [9.17, 15) is 9.90 Å². The second-order valence-electron chi connectivity index (χ2n) is 5.38. The van der Waals surface area contributed by atoms with Crippen molar-refractivity contribution in [3.05, 3.63) is 65.7 Å². The SMILES string of the molecule is COc1ccc([C@@H]2[C@@H](c3ccccc3)[C@@]2(N)C(=O)O)cc1. The topological polar surface area (TPSA) is 72.5 Å². The molecule has 0 aliphatic heterocycles. The standard InChI is InChI=1S/C17H17NO3/c1-21-13-9-7-12(8-10-13)15-14(17(15,18)16(19)20)11-5-3-2-4-6-11/h2-10,14-15H,18H2,1H3,(H,19,20)/t14-,15-,17+/m1/s1. The van der Waals surface area contributed by atoms with Crippen molar-refractivity contribution in [2.45, 2.75) is 17.4 Å². The van der Waals surface area contributed by atoms with Crippen LogP contribution < -0.4 is 10.5 Å². The average Bonchev–Trinajstić information content (AvgIpc) is 3.16. The van der Waals surface area contributed by atoms with Crippen LogP contribution in [-0.2, 0) is 4.79 Å². The Balaban J connectivity index is 1.98. The summed E-state index contributed by atoms with van der Waals surface area (Å²) in [4.78, 5) is 11.6. The van der Waals surface area contributed by atoms with E-state index < -0.39 is 11.5 Å². The van der Waals surface area contributed by atoms with Crippen molar-refractivity contribution >= 4 is 5.97 Å². The Hall–Kier alpha value is -2.33. The maximum Gasteiger partial charge on any atom is 0.325 e. The number of rotatable bonds is 4. The number of benzene rings is 2. The molecule has 0 unspecified atom stereocenters. The molecule has 1 aliphatic rings. The zero-order valence-electron chi connectivity index (χ0n) is 11.7. The fourth-order valence-electron chi connectivity index (χ4n) is 3.08. The molecule has 3 atom stereocenters. The van der Waals surface area contributed by atoms with Gasteiger partial charge < -0.3 is 15.6 Å². The van der Waals surface area contributed by atoms with E-state index in [4.69, 9.17) is 10.5 Å². The van der Waals surface area contributed by atoms with Crippen LogP contribution in [0.15, 0.2) is 54.6 Å². The summed E-state index contributed by atoms with van der Waals surface area (Å²) in [5.74, 6) is -0.640. The van der Waals surface area contributed by atoms with Crippen molar-refractivity contribution in [1.82, 2.24) is 0 Å². The van der Waals surface area contributed by atoms with Gasteiger partial charge in [-0.05, 0) is 23.3 Å². The maximum atomic E-state index is 11.6. The lowest BCUT2D eigenvalue weighted by atomic mass is 10.0. The van der Waals surface area contributed by atoms with Gasteiger partial charge in [-0.3, -0.25) is 4.79 Å². The van der Waals surface area contributed by atoms with Crippen molar-refractivity contribution in [1.29, 1.82) is 0 Å². The first kappa shape index (κ1) is 13.6. The highest BCUT2D eigenvalue weighted by Crippen LogP contribution is 2.62. The van der Waals surface area contributed by atoms with Crippen LogP contribution >= 0.6 is 0 Å². The van der Waals surface area contributed by atoms with Crippen LogP contribution in [0.3, 0.4) is 0 Å². The van der Waals surface area contributed by atoms with Gasteiger partial charge in [-0.2, -0.15) is 0 Å². The Morgan fingerprint density at radius 2 is 1.57 bits per heavy atom. The van der Waals surface area contributed by atoms with E-state index in [0.717, 1.165) is 16.9 Å². The van der Waals surface area contributed by atoms with E-state index in [-0.39, 0.29) is 11.8 Å². The molecule has 0 aromatic heterocycles. The number of ether oxygens (including phenoxy) is 1. The molecule has 1 fully saturated rings. The number of methoxy groups -OCH3 is 1. The second kappa shape index (κ2) is 4.90. The molecule has 2 aromatic carbocycles. The minimum Gasteiger partial charge on any atom is -0.497 e. The van der Waals surface area contributed by atoms with Gasteiger partial charge in [0.2, 0.25) is 0 Å². The fourth-order valence-corrected chi connectivity index (χ4v) is 3.08. The molecule has 0 heterocycles. The third-order valence-corrected chi connectivity index (χ3v) is 4.26. The predicted molar refractivity (Wildman–Crippen MR) is 79.5 cm³/mol. The Morgan fingerprint density at radius 3 is 2.05 bits per heavy atom. The summed E-state index contributed by atoms with van der Waals surface area (Å²) in [6.07, 6.45) is 0. The lowest BCUT2D eigenvalue weighted by molar-refractivity contribution is -0.139. The van der Waals surface area contributed by atoms with Gasteiger partial charge in [0.15, 0.2) is 0 Å². The number of hydrogen-bond acceptors (Lipinski definition) is 3. The summed E-state index contributed by atoms with van der Waals surface area (Å²) in [5, 5.41) is 9.53. The van der Waals surface area contributed by atoms with E-state index in [1.165, 1.54) is 0 Å². The highest BCUT2D eigenvalue weighted by molar-refractivity contribution is 5.88. The van der Waals surface area contributed by atoms with Gasteiger partial charge in [-0.25, -0.2) is 0 Å². The second-order valence-corrected chi connectivity index (χ2v) is 5.38. The van der Waals surface area contributed by atoms with Crippen molar-refractivity contribution in [3.63, 3.8) is 0 Å². The van der Waals surface area contributed by atoms with Gasteiger partial charge in [0.25, 0.3) is 0 Å². The number of hydrogen-bond donors (Lipinski definition) is 2. The Kier molecular flexibility index (Phi) is 3.18. The number of carboxylic acid groups (broad SMARTS) is 1. The van der Waals surface area contributed by atoms with Gasteiger partial charge >= 0.3 is 5.97 Å². The average molecular weight is 283 g/mol. The smallest absolute Gasteiger partial charge is 0.325 e. The first-order valence-electron chi connectivity index (χ1n) is 6.80. The highest BCUT2D eigenvalue weighted by Gasteiger charge is 2.68. The highest BCUT2D eigenvalue weighted by atomic mass is 16.5. The monoisotopic (exact) mass is 283 g/mol. The summed E-state index contributed by atoms with van der Waals surface area (Å²) in [7, 11) is 1.60. The predicted octanol–water partition coefficient (Wildman–Crippen LogP) is 2.36. The van der Waals surface area contributed by atoms with Crippen molar-refractivity contribution in [2.24, 2.45) is 5.73 Å². The molecular formula is C17H17NO3. The van der Waals surface area contributed by atoms with Gasteiger partial charge in [0.05, 0.1) is 7.11 Å². The third kappa shape index (κ3) is 2.08. The van der Waals surface area contributed by atoms with Crippen molar-refractivity contribution < 1.29 is 14.6 Å². The number of carbonyl (C=O) groups is 1. The van der Waals surface area contributed by atoms with Crippen molar-refractivity contribution in [2.75, 3.05) is 7.11 Å². The Labute approximate surface area is 123 Å². The third-order valence-electron chi connectivity index (χ3n) is 4.26. The molecule has 3 N–H and O–H groups in total. The van der Waals surface area contributed by atoms with Gasteiger partial charge in [-0.15, -0.1) is 0 Å². The Morgan fingerprint density at radius 1 is 1.05 bits per heavy atom. The van der Waals surface area contributed by atoms with E-state index in [0.29, 0.717) is 0 Å². The lowest BCUT2D eigenvalue weighted by Crippen LogP contribution is -2.36. The van der Waals surface area contributed by atoms with Gasteiger partial charge in [0.1, 0.15) is 11.3 Å². The molecule has 21 heavy (non-hydrogen) atoms. The summed E-state index contributed by atoms with van der Waals surface area (Å²) >= 11 is 0. The van der Waals surface area contributed by atoms with E-state index in [1.807, 2.05) is 54.6 Å². The molecule has 0 saturated heterocycles. The number of nitrogens with two attached hydrogens (primary N) is 1. The molecular weight excluding hydrogens is 266 g/mol. The zero-order chi connectivity index (χ0) is 15.0. The zero-order valence-corrected chi connectivity index (χ0v) is 11.7. The summed E-state index contributed by atoms with van der Waals surface area (Å²) < 4.78 is 5.13. The minimum absolute atomic E-state index is 0.204. The molecule has 2 aromatic rings. The molecule has 3 rings (SSSR count).